The first-order valence-corrected chi connectivity index (χ1v) is 8.48. The zero-order valence-corrected chi connectivity index (χ0v) is 14.7. The van der Waals surface area contributed by atoms with E-state index in [1.165, 1.54) is 0 Å². The minimum absolute atomic E-state index is 0.187. The summed E-state index contributed by atoms with van der Waals surface area (Å²) in [4.78, 5) is 20.7. The number of hydrogen-bond donors (Lipinski definition) is 1. The molecule has 0 saturated heterocycles. The van der Waals surface area contributed by atoms with E-state index < -0.39 is 0 Å². The highest BCUT2D eigenvalue weighted by Crippen LogP contribution is 2.28. The fraction of sp³-hybridized carbons (Fsp3) is 0.0952. The third kappa shape index (κ3) is 3.79. The number of rotatable bonds is 4. The van der Waals surface area contributed by atoms with Crippen LogP contribution in [-0.4, -0.2) is 22.5 Å². The van der Waals surface area contributed by atoms with Crippen LogP contribution in [0.3, 0.4) is 0 Å². The van der Waals surface area contributed by atoms with E-state index in [0.29, 0.717) is 17.0 Å². The molecule has 6 heteroatoms. The predicted molar refractivity (Wildman–Crippen MR) is 102 cm³/mol. The monoisotopic (exact) mass is 359 g/mol. The summed E-state index contributed by atoms with van der Waals surface area (Å²) in [5.41, 5.74) is 3.05. The minimum Gasteiger partial charge on any atom is -0.488 e. The van der Waals surface area contributed by atoms with E-state index in [9.17, 15) is 4.79 Å². The van der Waals surface area contributed by atoms with Crippen molar-refractivity contribution in [2.24, 2.45) is 0 Å². The van der Waals surface area contributed by atoms with E-state index in [1.807, 2.05) is 43.3 Å². The van der Waals surface area contributed by atoms with Crippen LogP contribution in [0.1, 0.15) is 11.1 Å². The third-order valence-corrected chi connectivity index (χ3v) is 4.12. The van der Waals surface area contributed by atoms with Crippen molar-refractivity contribution in [2.45, 2.75) is 6.92 Å². The van der Waals surface area contributed by atoms with E-state index in [4.69, 9.17) is 9.47 Å². The van der Waals surface area contributed by atoms with Crippen molar-refractivity contribution >= 4 is 17.7 Å². The highest BCUT2D eigenvalue weighted by atomic mass is 16.5. The van der Waals surface area contributed by atoms with Crippen molar-refractivity contribution in [1.29, 1.82) is 0 Å². The maximum absolute atomic E-state index is 12.6. The predicted octanol–water partition coefficient (Wildman–Crippen LogP) is 3.99. The van der Waals surface area contributed by atoms with E-state index in [0.717, 1.165) is 16.9 Å². The molecule has 0 spiro atoms. The second-order valence-corrected chi connectivity index (χ2v) is 6.06. The molecule has 0 unspecified atom stereocenters. The molecule has 1 N–H and O–H groups in total. The van der Waals surface area contributed by atoms with Crippen molar-refractivity contribution in [2.75, 3.05) is 11.9 Å². The second kappa shape index (κ2) is 7.29. The molecule has 0 aliphatic carbocycles. The van der Waals surface area contributed by atoms with E-state index in [1.54, 1.807) is 30.6 Å². The lowest BCUT2D eigenvalue weighted by Crippen LogP contribution is -2.21. The standard InChI is InChI=1S/C21H17N3O3/c1-14-11-17(27-21-22-9-4-10-23-21)7-8-18(14)24-20(25)16-12-15-5-2-3-6-19(15)26-13-16/h2-12H,13H2,1H3,(H,24,25). The Balaban J connectivity index is 1.48. The van der Waals surface area contributed by atoms with Gasteiger partial charge in [-0.2, -0.15) is 0 Å². The number of hydrogen-bond acceptors (Lipinski definition) is 5. The average molecular weight is 359 g/mol. The molecule has 0 radical (unpaired) electrons. The molecule has 1 aliphatic rings. The number of carbonyl (C=O) groups excluding carboxylic acids is 1. The number of aryl methyl sites for hydroxylation is 1. The number of fused-ring (bicyclic) bond motifs is 1. The summed E-state index contributed by atoms with van der Waals surface area (Å²) < 4.78 is 11.3. The number of aromatic nitrogens is 2. The van der Waals surface area contributed by atoms with Gasteiger partial charge in [0.25, 0.3) is 5.91 Å². The number of nitrogens with one attached hydrogen (secondary N) is 1. The van der Waals surface area contributed by atoms with Gasteiger partial charge in [0.1, 0.15) is 18.1 Å². The van der Waals surface area contributed by atoms with Gasteiger partial charge in [-0.05, 0) is 48.9 Å². The molecule has 1 aliphatic heterocycles. The zero-order chi connectivity index (χ0) is 18.6. The highest BCUT2D eigenvalue weighted by molar-refractivity contribution is 6.07. The van der Waals surface area contributed by atoms with E-state index >= 15 is 0 Å². The first-order valence-electron chi connectivity index (χ1n) is 8.48. The number of carbonyl (C=O) groups is 1. The molecule has 1 amide bonds. The van der Waals surface area contributed by atoms with Crippen LogP contribution in [0.5, 0.6) is 17.5 Å². The van der Waals surface area contributed by atoms with Crippen LogP contribution in [0.2, 0.25) is 0 Å². The molecular weight excluding hydrogens is 342 g/mol. The average Bonchev–Trinajstić information content (AvgIpc) is 2.70. The Morgan fingerprint density at radius 2 is 1.93 bits per heavy atom. The van der Waals surface area contributed by atoms with Crippen molar-refractivity contribution in [1.82, 2.24) is 9.97 Å². The van der Waals surface area contributed by atoms with Gasteiger partial charge < -0.3 is 14.8 Å². The molecular formula is C21H17N3O3. The van der Waals surface area contributed by atoms with Crippen LogP contribution in [0, 0.1) is 6.92 Å². The second-order valence-electron chi connectivity index (χ2n) is 6.06. The zero-order valence-electron chi connectivity index (χ0n) is 14.7. The van der Waals surface area contributed by atoms with Gasteiger partial charge in [0.15, 0.2) is 0 Å². The number of ether oxygens (including phenoxy) is 2. The van der Waals surface area contributed by atoms with Crippen molar-refractivity contribution in [3.8, 4) is 17.5 Å². The summed E-state index contributed by atoms with van der Waals surface area (Å²) in [6.45, 7) is 2.14. The molecule has 0 fully saturated rings. The van der Waals surface area contributed by atoms with Crippen LogP contribution < -0.4 is 14.8 Å². The van der Waals surface area contributed by atoms with Crippen LogP contribution in [0.4, 0.5) is 5.69 Å². The molecule has 3 aromatic rings. The van der Waals surface area contributed by atoms with Gasteiger partial charge in [-0.3, -0.25) is 4.79 Å². The lowest BCUT2D eigenvalue weighted by molar-refractivity contribution is -0.113. The van der Waals surface area contributed by atoms with Gasteiger partial charge in [0, 0.05) is 23.6 Å². The first-order chi connectivity index (χ1) is 13.2. The summed E-state index contributed by atoms with van der Waals surface area (Å²) in [6.07, 6.45) is 5.08. The van der Waals surface area contributed by atoms with Crippen LogP contribution in [-0.2, 0) is 4.79 Å². The highest BCUT2D eigenvalue weighted by Gasteiger charge is 2.17. The normalized spacial score (nSPS) is 12.4. The molecule has 4 rings (SSSR count). The SMILES string of the molecule is Cc1cc(Oc2ncccn2)ccc1NC(=O)C1=Cc2ccccc2OC1. The Hall–Kier alpha value is -3.67. The van der Waals surface area contributed by atoms with Gasteiger partial charge >= 0.3 is 6.01 Å². The minimum atomic E-state index is -0.187. The largest absolute Gasteiger partial charge is 0.488 e. The molecule has 0 bridgehead atoms. The molecule has 134 valence electrons. The van der Waals surface area contributed by atoms with Crippen molar-refractivity contribution < 1.29 is 14.3 Å². The molecule has 6 nitrogen and oxygen atoms in total. The van der Waals surface area contributed by atoms with Crippen molar-refractivity contribution in [3.05, 3.63) is 77.6 Å². The fourth-order valence-corrected chi connectivity index (χ4v) is 2.73. The summed E-state index contributed by atoms with van der Waals surface area (Å²) in [5.74, 6) is 1.20. The van der Waals surface area contributed by atoms with Gasteiger partial charge in [0.05, 0.1) is 5.57 Å². The Bertz CT molecular complexity index is 1020. The smallest absolute Gasteiger partial charge is 0.321 e. The van der Waals surface area contributed by atoms with Gasteiger partial charge in [0.2, 0.25) is 0 Å². The molecule has 1 aromatic heterocycles. The van der Waals surface area contributed by atoms with E-state index in [2.05, 4.69) is 15.3 Å². The third-order valence-electron chi connectivity index (χ3n) is 4.12. The Kier molecular flexibility index (Phi) is 4.53. The Morgan fingerprint density at radius 1 is 1.11 bits per heavy atom. The Morgan fingerprint density at radius 3 is 2.74 bits per heavy atom. The summed E-state index contributed by atoms with van der Waals surface area (Å²) in [5, 5.41) is 2.93. The van der Waals surface area contributed by atoms with Crippen LogP contribution in [0.25, 0.3) is 6.08 Å². The molecule has 27 heavy (non-hydrogen) atoms. The lowest BCUT2D eigenvalue weighted by Gasteiger charge is -2.18. The summed E-state index contributed by atoms with van der Waals surface area (Å²) >= 11 is 0. The number of anilines is 1. The number of nitrogens with zero attached hydrogens (tertiary/aromatic N) is 2. The quantitative estimate of drug-likeness (QED) is 0.762. The fourth-order valence-electron chi connectivity index (χ4n) is 2.73. The van der Waals surface area contributed by atoms with Gasteiger partial charge in [-0.1, -0.05) is 18.2 Å². The Labute approximate surface area is 156 Å². The molecule has 0 saturated carbocycles. The molecule has 2 heterocycles. The van der Waals surface area contributed by atoms with E-state index in [-0.39, 0.29) is 18.5 Å². The molecule has 0 atom stereocenters. The maximum Gasteiger partial charge on any atom is 0.321 e. The van der Waals surface area contributed by atoms with Crippen LogP contribution in [0.15, 0.2) is 66.5 Å². The summed E-state index contributed by atoms with van der Waals surface area (Å²) in [7, 11) is 0. The maximum atomic E-state index is 12.6. The van der Waals surface area contributed by atoms with Gasteiger partial charge in [-0.15, -0.1) is 0 Å². The lowest BCUT2D eigenvalue weighted by atomic mass is 10.1. The van der Waals surface area contributed by atoms with Crippen molar-refractivity contribution in [3.63, 3.8) is 0 Å². The number of amides is 1. The summed E-state index contributed by atoms with van der Waals surface area (Å²) in [6, 6.07) is 15.0. The first kappa shape index (κ1) is 16.8. The van der Waals surface area contributed by atoms with Gasteiger partial charge in [-0.25, -0.2) is 9.97 Å². The molecule has 2 aromatic carbocycles. The number of para-hydroxylation sites is 1. The topological polar surface area (TPSA) is 73.3 Å². The number of benzene rings is 2. The van der Waals surface area contributed by atoms with Crippen LogP contribution >= 0.6 is 0 Å².